The van der Waals surface area contributed by atoms with Crippen molar-refractivity contribution in [2.45, 2.75) is 51.6 Å². The molecule has 0 unspecified atom stereocenters. The van der Waals surface area contributed by atoms with Crippen molar-refractivity contribution in [3.63, 3.8) is 0 Å². The zero-order chi connectivity index (χ0) is 18.9. The molecule has 1 aliphatic heterocycles. The van der Waals surface area contributed by atoms with Crippen molar-refractivity contribution in [1.29, 1.82) is 0 Å². The molecule has 144 valence electrons. The van der Waals surface area contributed by atoms with Crippen LogP contribution in [0, 0.1) is 6.92 Å². The molecule has 1 aromatic rings. The first kappa shape index (κ1) is 20.4. The normalized spacial score (nSPS) is 19.4. The van der Waals surface area contributed by atoms with Crippen LogP contribution < -0.4 is 0 Å². The van der Waals surface area contributed by atoms with Crippen molar-refractivity contribution in [3.8, 4) is 0 Å². The van der Waals surface area contributed by atoms with E-state index < -0.39 is 11.9 Å². The zero-order valence-electron chi connectivity index (χ0n) is 15.6. The molecule has 0 atom stereocenters. The second-order valence-corrected chi connectivity index (χ2v) is 7.14. The highest BCUT2D eigenvalue weighted by atomic mass is 16.4. The Kier molecular flexibility index (Phi) is 8.06. The van der Waals surface area contributed by atoms with Gasteiger partial charge in [-0.25, -0.2) is 9.59 Å². The van der Waals surface area contributed by atoms with E-state index in [4.69, 9.17) is 19.8 Å². The van der Waals surface area contributed by atoms with Gasteiger partial charge in [0.1, 0.15) is 0 Å². The highest BCUT2D eigenvalue weighted by Crippen LogP contribution is 2.24. The Bertz CT molecular complexity index is 579. The molecule has 3 rings (SSSR count). The first-order valence-electron chi connectivity index (χ1n) is 9.44. The van der Waals surface area contributed by atoms with Gasteiger partial charge in [0.2, 0.25) is 0 Å². The summed E-state index contributed by atoms with van der Waals surface area (Å²) in [7, 11) is 0. The Morgan fingerprint density at radius 2 is 1.54 bits per heavy atom. The molecule has 0 bridgehead atoms. The van der Waals surface area contributed by atoms with Crippen molar-refractivity contribution in [3.05, 3.63) is 35.4 Å². The fourth-order valence-corrected chi connectivity index (χ4v) is 3.76. The summed E-state index contributed by atoms with van der Waals surface area (Å²) in [5.41, 5.74) is 2.93. The lowest BCUT2D eigenvalue weighted by atomic mass is 9.94. The summed E-state index contributed by atoms with van der Waals surface area (Å²) in [6.07, 6.45) is 7.25. The third-order valence-electron chi connectivity index (χ3n) is 5.34. The molecule has 1 saturated heterocycles. The molecule has 0 aromatic heterocycles. The van der Waals surface area contributed by atoms with Crippen molar-refractivity contribution >= 4 is 11.9 Å². The van der Waals surface area contributed by atoms with E-state index in [1.807, 2.05) is 0 Å². The van der Waals surface area contributed by atoms with E-state index in [-0.39, 0.29) is 0 Å². The van der Waals surface area contributed by atoms with Crippen molar-refractivity contribution in [2.24, 2.45) is 0 Å². The lowest BCUT2D eigenvalue weighted by Gasteiger charge is -2.40. The number of nitrogens with zero attached hydrogens (tertiary/aromatic N) is 2. The predicted octanol–water partition coefficient (Wildman–Crippen LogP) is 2.60. The average Bonchev–Trinajstić information content (AvgIpc) is 2.65. The van der Waals surface area contributed by atoms with E-state index >= 15 is 0 Å². The van der Waals surface area contributed by atoms with Gasteiger partial charge >= 0.3 is 11.9 Å². The number of aryl methyl sites for hydroxylation is 1. The second kappa shape index (κ2) is 10.3. The molecule has 2 N–H and O–H groups in total. The zero-order valence-corrected chi connectivity index (χ0v) is 15.6. The quantitative estimate of drug-likeness (QED) is 0.805. The van der Waals surface area contributed by atoms with Crippen LogP contribution in [0.1, 0.15) is 43.2 Å². The standard InChI is InChI=1S/C18H28N2.C2H2O4/c1-16-7-5-6-8-17(16)15-19-11-13-20(14-12-19)18-9-3-2-4-10-18;3-1(4)2(5)6/h5-8,18H,2-4,9-15H2,1H3;(H,3,4)(H,5,6). The molecular formula is C20H30N2O4. The maximum atomic E-state index is 9.10. The van der Waals surface area contributed by atoms with Crippen LogP contribution in [0.2, 0.25) is 0 Å². The number of carboxylic acids is 2. The van der Waals surface area contributed by atoms with Gasteiger partial charge in [0, 0.05) is 38.8 Å². The number of hydrogen-bond donors (Lipinski definition) is 2. The van der Waals surface area contributed by atoms with Gasteiger partial charge in [0.15, 0.2) is 0 Å². The van der Waals surface area contributed by atoms with Gasteiger partial charge < -0.3 is 10.2 Å². The Morgan fingerprint density at radius 1 is 0.962 bits per heavy atom. The largest absolute Gasteiger partial charge is 0.473 e. The summed E-state index contributed by atoms with van der Waals surface area (Å²) in [4.78, 5) is 23.6. The van der Waals surface area contributed by atoms with Gasteiger partial charge in [-0.05, 0) is 30.9 Å². The van der Waals surface area contributed by atoms with E-state index in [2.05, 4.69) is 41.0 Å². The van der Waals surface area contributed by atoms with E-state index in [0.717, 1.165) is 12.6 Å². The summed E-state index contributed by atoms with van der Waals surface area (Å²) in [5.74, 6) is -3.65. The molecule has 1 saturated carbocycles. The summed E-state index contributed by atoms with van der Waals surface area (Å²) in [6, 6.07) is 9.71. The Morgan fingerprint density at radius 3 is 2.08 bits per heavy atom. The van der Waals surface area contributed by atoms with E-state index in [0.29, 0.717) is 0 Å². The van der Waals surface area contributed by atoms with Gasteiger partial charge in [-0.3, -0.25) is 9.80 Å². The molecule has 0 amide bonds. The molecule has 0 spiro atoms. The van der Waals surface area contributed by atoms with Crippen molar-refractivity contribution in [1.82, 2.24) is 9.80 Å². The second-order valence-electron chi connectivity index (χ2n) is 7.14. The summed E-state index contributed by atoms with van der Waals surface area (Å²) in [5, 5.41) is 14.8. The fraction of sp³-hybridized carbons (Fsp3) is 0.600. The number of carboxylic acid groups (broad SMARTS) is 2. The van der Waals surface area contributed by atoms with Crippen LogP contribution in [0.15, 0.2) is 24.3 Å². The Balaban J connectivity index is 0.000000352. The van der Waals surface area contributed by atoms with Crippen LogP contribution in [0.3, 0.4) is 0 Å². The Hall–Kier alpha value is -1.92. The molecule has 1 aliphatic carbocycles. The van der Waals surface area contributed by atoms with Crippen molar-refractivity contribution in [2.75, 3.05) is 26.2 Å². The summed E-state index contributed by atoms with van der Waals surface area (Å²) >= 11 is 0. The number of benzene rings is 1. The molecule has 0 radical (unpaired) electrons. The van der Waals surface area contributed by atoms with Gasteiger partial charge in [0.05, 0.1) is 0 Å². The SMILES string of the molecule is Cc1ccccc1CN1CCN(C2CCCCC2)CC1.O=C(O)C(=O)O. The van der Waals surface area contributed by atoms with Gasteiger partial charge in [-0.2, -0.15) is 0 Å². The van der Waals surface area contributed by atoms with Crippen LogP contribution in [0.4, 0.5) is 0 Å². The predicted molar refractivity (Wildman–Crippen MR) is 100 cm³/mol. The lowest BCUT2D eigenvalue weighted by Crippen LogP contribution is -2.50. The van der Waals surface area contributed by atoms with Crippen LogP contribution in [-0.2, 0) is 16.1 Å². The van der Waals surface area contributed by atoms with Crippen LogP contribution in [-0.4, -0.2) is 64.2 Å². The topological polar surface area (TPSA) is 81.1 Å². The molecule has 6 nitrogen and oxygen atoms in total. The van der Waals surface area contributed by atoms with Gasteiger partial charge in [-0.1, -0.05) is 43.5 Å². The highest BCUT2D eigenvalue weighted by molar-refractivity contribution is 6.27. The fourth-order valence-electron chi connectivity index (χ4n) is 3.76. The van der Waals surface area contributed by atoms with Gasteiger partial charge in [-0.15, -0.1) is 0 Å². The smallest absolute Gasteiger partial charge is 0.414 e. The average molecular weight is 362 g/mol. The van der Waals surface area contributed by atoms with Gasteiger partial charge in [0.25, 0.3) is 0 Å². The molecule has 1 heterocycles. The van der Waals surface area contributed by atoms with Crippen LogP contribution in [0.5, 0.6) is 0 Å². The number of rotatable bonds is 3. The maximum absolute atomic E-state index is 9.10. The molecule has 1 aromatic carbocycles. The summed E-state index contributed by atoms with van der Waals surface area (Å²) in [6.45, 7) is 8.39. The maximum Gasteiger partial charge on any atom is 0.414 e. The number of hydrogen-bond acceptors (Lipinski definition) is 4. The molecule has 2 fully saturated rings. The number of aliphatic carboxylic acids is 2. The molecule has 26 heavy (non-hydrogen) atoms. The highest BCUT2D eigenvalue weighted by Gasteiger charge is 2.25. The van der Waals surface area contributed by atoms with Crippen LogP contribution >= 0.6 is 0 Å². The van der Waals surface area contributed by atoms with Crippen LogP contribution in [0.25, 0.3) is 0 Å². The lowest BCUT2D eigenvalue weighted by molar-refractivity contribution is -0.159. The first-order chi connectivity index (χ1) is 12.5. The Labute approximate surface area is 155 Å². The monoisotopic (exact) mass is 362 g/mol. The van der Waals surface area contributed by atoms with Crippen molar-refractivity contribution < 1.29 is 19.8 Å². The van der Waals surface area contributed by atoms with E-state index in [1.165, 1.54) is 69.4 Å². The summed E-state index contributed by atoms with van der Waals surface area (Å²) < 4.78 is 0. The molecule has 2 aliphatic rings. The van der Waals surface area contributed by atoms with E-state index in [1.54, 1.807) is 0 Å². The minimum atomic E-state index is -1.82. The number of piperazine rings is 1. The third-order valence-corrected chi connectivity index (χ3v) is 5.34. The minimum Gasteiger partial charge on any atom is -0.473 e. The molecular weight excluding hydrogens is 332 g/mol. The number of carbonyl (C=O) groups is 2. The minimum absolute atomic E-state index is 0.893. The van der Waals surface area contributed by atoms with E-state index in [9.17, 15) is 0 Å². The first-order valence-corrected chi connectivity index (χ1v) is 9.44. The molecule has 6 heteroatoms. The third kappa shape index (κ3) is 6.42.